The van der Waals surface area contributed by atoms with Crippen LogP contribution >= 0.6 is 0 Å². The van der Waals surface area contributed by atoms with Gasteiger partial charge in [0.15, 0.2) is 0 Å². The zero-order valence-electron chi connectivity index (χ0n) is 51.4. The van der Waals surface area contributed by atoms with Crippen LogP contribution in [0, 0.1) is 43.3 Å². The zero-order chi connectivity index (χ0) is 58.8. The standard InChI is InChI=1S/C7H14N2.2C6H12N2.3C5H10N2.C5H12N2.C4H8N2.2C4H10N2.C2H6N2/c1-7(8)9-5-3-2-4-6-9;1-6(7-2)8-4-3-5-8;1-6(7)8-4-2-3-5-8;1-5-6-3-4-7(5)2;1-5(6-2)7-3-4-7;1-5(6)7-3-2-4-7;1-4-7(3)5(2)6;1-4(5)6-2-3-6;2*1-4(5)6(2)3;1-2(3)4/h8H,2-6H2,1H3;3-5H2,1-2H3;7H,2-5H2,1H3;2*3-4H2,1-2H3;6H,2-4H2,1H3;6H,4H2,1-3H3;5H,2-3H2,1H3;2*5H,1-3H3;1H3,(H3,3,4). The zero-order valence-corrected chi connectivity index (χ0v) is 51.4. The van der Waals surface area contributed by atoms with Crippen LogP contribution in [0.2, 0.25) is 0 Å². The Balaban J connectivity index is -0.000000371. The summed E-state index contributed by atoms with van der Waals surface area (Å²) in [6.45, 7) is 39.0. The van der Waals surface area contributed by atoms with E-state index in [-0.39, 0.29) is 5.84 Å². The molecule has 10 N–H and O–H groups in total. The molecule has 7 aliphatic heterocycles. The Labute approximate surface area is 458 Å². The summed E-state index contributed by atoms with van der Waals surface area (Å²) in [6, 6.07) is 0. The number of likely N-dealkylation sites (tertiary alicyclic amines) is 4. The molecule has 22 heteroatoms. The molecule has 0 aromatic heterocycles. The van der Waals surface area contributed by atoms with Gasteiger partial charge in [0.05, 0.1) is 70.7 Å². The molecule has 436 valence electrons. The van der Waals surface area contributed by atoms with Crippen LogP contribution in [0.15, 0.2) is 15.0 Å². The van der Waals surface area contributed by atoms with Gasteiger partial charge in [-0.25, -0.2) is 0 Å². The molecule has 0 radical (unpaired) electrons. The molecular formula is C53H114N22. The third kappa shape index (κ3) is 47.6. The van der Waals surface area contributed by atoms with E-state index in [1.54, 1.807) is 30.6 Å². The number of amidine groups is 11. The van der Waals surface area contributed by atoms with Gasteiger partial charge in [0.25, 0.3) is 0 Å². The smallest absolute Gasteiger partial charge is 0.0956 e. The van der Waals surface area contributed by atoms with Crippen molar-refractivity contribution in [2.75, 3.05) is 155 Å². The topological polar surface area (TPSA) is 286 Å². The molecule has 0 aromatic rings. The first kappa shape index (κ1) is 75.7. The van der Waals surface area contributed by atoms with Crippen LogP contribution in [-0.2, 0) is 0 Å². The van der Waals surface area contributed by atoms with Crippen molar-refractivity contribution in [1.82, 2.24) is 49.0 Å². The second-order valence-electron chi connectivity index (χ2n) is 19.4. The van der Waals surface area contributed by atoms with Crippen LogP contribution in [0.4, 0.5) is 0 Å². The highest BCUT2D eigenvalue weighted by Gasteiger charge is 2.17. The molecule has 22 nitrogen and oxygen atoms in total. The van der Waals surface area contributed by atoms with Crippen LogP contribution in [0.5, 0.6) is 0 Å². The van der Waals surface area contributed by atoms with Crippen molar-refractivity contribution >= 4 is 64.2 Å². The summed E-state index contributed by atoms with van der Waals surface area (Å²) < 4.78 is 0. The number of hydrogen-bond acceptors (Lipinski definition) is 12. The first-order chi connectivity index (χ1) is 34.9. The summed E-state index contributed by atoms with van der Waals surface area (Å²) in [5, 5.41) is 55.6. The molecule has 6 fully saturated rings. The van der Waals surface area contributed by atoms with Gasteiger partial charge in [-0.05, 0) is 128 Å². The van der Waals surface area contributed by atoms with E-state index in [0.717, 1.165) is 83.7 Å². The van der Waals surface area contributed by atoms with Gasteiger partial charge < -0.3 is 54.7 Å². The fraction of sp³-hybridized carbons (Fsp3) is 0.792. The second kappa shape index (κ2) is 45.6. The third-order valence-electron chi connectivity index (χ3n) is 12.2. The molecule has 0 unspecified atom stereocenters. The minimum atomic E-state index is 0.167. The maximum Gasteiger partial charge on any atom is 0.0956 e. The monoisotopic (exact) mass is 1060 g/mol. The molecule has 6 saturated heterocycles. The number of piperidine rings is 1. The Bertz CT molecular complexity index is 1650. The quantitative estimate of drug-likeness (QED) is 0.0736. The highest BCUT2D eigenvalue weighted by molar-refractivity contribution is 5.82. The molecule has 75 heavy (non-hydrogen) atoms. The van der Waals surface area contributed by atoms with Gasteiger partial charge in [0, 0.05) is 148 Å². The number of rotatable bonds is 1. The number of nitrogens with two attached hydrogens (primary N) is 1. The maximum absolute atomic E-state index is 7.31. The van der Waals surface area contributed by atoms with Gasteiger partial charge >= 0.3 is 0 Å². The Kier molecular flexibility index (Phi) is 46.0. The Morgan fingerprint density at radius 3 is 0.800 bits per heavy atom. The summed E-state index contributed by atoms with van der Waals surface area (Å²) >= 11 is 0. The fourth-order valence-corrected chi connectivity index (χ4v) is 5.50. The summed E-state index contributed by atoms with van der Waals surface area (Å²) in [6.07, 6.45) is 9.06. The van der Waals surface area contributed by atoms with Crippen LogP contribution in [0.25, 0.3) is 0 Å². The maximum atomic E-state index is 7.31. The lowest BCUT2D eigenvalue weighted by Gasteiger charge is -2.32. The lowest BCUT2D eigenvalue weighted by Crippen LogP contribution is -2.40. The Hall–Kier alpha value is -5.83. The first-order valence-electron chi connectivity index (χ1n) is 26.7. The Morgan fingerprint density at radius 2 is 0.707 bits per heavy atom. The van der Waals surface area contributed by atoms with E-state index in [1.165, 1.54) is 95.6 Å². The number of aliphatic imine (C=N–C) groups is 3. The molecule has 0 atom stereocenters. The normalized spacial score (nSPS) is 16.0. The minimum absolute atomic E-state index is 0.167. The second-order valence-corrected chi connectivity index (χ2v) is 19.4. The molecule has 7 aliphatic rings. The summed E-state index contributed by atoms with van der Waals surface area (Å²) in [4.78, 5) is 32.5. The van der Waals surface area contributed by atoms with Gasteiger partial charge in [-0.3, -0.25) is 58.3 Å². The summed E-state index contributed by atoms with van der Waals surface area (Å²) in [5.74, 6) is 8.36. The Morgan fingerprint density at radius 1 is 0.453 bits per heavy atom. The van der Waals surface area contributed by atoms with Crippen LogP contribution < -0.4 is 5.73 Å². The van der Waals surface area contributed by atoms with Gasteiger partial charge in [-0.15, -0.1) is 0 Å². The predicted molar refractivity (Wildman–Crippen MR) is 328 cm³/mol. The number of nitrogens with one attached hydrogen (secondary N) is 8. The van der Waals surface area contributed by atoms with E-state index in [4.69, 9.17) is 49.0 Å². The van der Waals surface area contributed by atoms with E-state index in [2.05, 4.69) is 58.3 Å². The third-order valence-corrected chi connectivity index (χ3v) is 12.2. The highest BCUT2D eigenvalue weighted by Crippen LogP contribution is 2.09. The molecule has 0 aliphatic carbocycles. The first-order valence-corrected chi connectivity index (χ1v) is 26.7. The molecule has 0 saturated carbocycles. The van der Waals surface area contributed by atoms with Crippen molar-refractivity contribution in [3.05, 3.63) is 0 Å². The van der Waals surface area contributed by atoms with E-state index >= 15 is 0 Å². The largest absolute Gasteiger partial charge is 0.388 e. The number of hydrogen-bond donors (Lipinski definition) is 9. The van der Waals surface area contributed by atoms with Gasteiger partial charge in [0.2, 0.25) is 0 Å². The van der Waals surface area contributed by atoms with E-state index in [9.17, 15) is 0 Å². The van der Waals surface area contributed by atoms with Crippen molar-refractivity contribution < 1.29 is 0 Å². The lowest BCUT2D eigenvalue weighted by molar-refractivity contribution is 0.296. The van der Waals surface area contributed by atoms with Crippen molar-refractivity contribution in [2.45, 2.75) is 128 Å². The van der Waals surface area contributed by atoms with Gasteiger partial charge in [-0.2, -0.15) is 0 Å². The minimum Gasteiger partial charge on any atom is -0.388 e. The molecule has 0 spiro atoms. The lowest BCUT2D eigenvalue weighted by atomic mass is 10.1. The molecular weight excluding hydrogens is 945 g/mol. The van der Waals surface area contributed by atoms with E-state index in [1.807, 2.05) is 108 Å². The van der Waals surface area contributed by atoms with Crippen molar-refractivity contribution in [2.24, 2.45) is 20.7 Å². The van der Waals surface area contributed by atoms with Crippen molar-refractivity contribution in [1.29, 1.82) is 43.3 Å². The molecule has 7 rings (SSSR count). The predicted octanol–water partition coefficient (Wildman–Crippen LogP) is 6.95. The van der Waals surface area contributed by atoms with Crippen molar-refractivity contribution in [3.8, 4) is 0 Å². The van der Waals surface area contributed by atoms with Gasteiger partial charge in [0.1, 0.15) is 0 Å². The average molecular weight is 1060 g/mol. The fourth-order valence-electron chi connectivity index (χ4n) is 5.50. The van der Waals surface area contributed by atoms with E-state index in [0.29, 0.717) is 29.2 Å². The SMILES string of the molecule is CC(=N)N.CC(=N)N(C)C.CC(=N)N(C)C.CC(=N)N1CC1.CC(=N)N1CCC1.CC(=N)N1CCCC1.CC(=N)N1CCCCC1.CC1=NCCN1C.CCN(C)C(C)=N.CN=C(C)N1CC1.CN=C(C)N1CCC1. The molecule has 7 heterocycles. The van der Waals surface area contributed by atoms with Crippen molar-refractivity contribution in [3.63, 3.8) is 0 Å². The molecule has 0 bridgehead atoms. The van der Waals surface area contributed by atoms with Gasteiger partial charge in [-0.1, -0.05) is 0 Å². The summed E-state index contributed by atoms with van der Waals surface area (Å²) in [7, 11) is 15.0. The van der Waals surface area contributed by atoms with Crippen LogP contribution in [-0.4, -0.2) is 268 Å². The van der Waals surface area contributed by atoms with Crippen LogP contribution in [0.3, 0.4) is 0 Å². The molecule has 0 aromatic carbocycles. The number of nitrogens with zero attached hydrogens (tertiary/aromatic N) is 13. The highest BCUT2D eigenvalue weighted by atomic mass is 15.3. The summed E-state index contributed by atoms with van der Waals surface area (Å²) in [5.41, 5.74) is 4.69. The number of likely N-dealkylation sites (N-methyl/N-ethyl adjacent to an activating group) is 1. The van der Waals surface area contributed by atoms with E-state index < -0.39 is 0 Å². The average Bonchev–Trinajstić information content (AvgIpc) is 4.25. The molecule has 0 amide bonds. The van der Waals surface area contributed by atoms with Crippen LogP contribution in [0.1, 0.15) is 128 Å².